The molecule has 3 heterocycles. The van der Waals surface area contributed by atoms with Crippen LogP contribution in [0.25, 0.3) is 11.3 Å². The Morgan fingerprint density at radius 3 is 2.60 bits per heavy atom. The van der Waals surface area contributed by atoms with Gasteiger partial charge in [0.1, 0.15) is 5.69 Å². The molecule has 1 saturated heterocycles. The molecule has 1 aliphatic rings. The van der Waals surface area contributed by atoms with Gasteiger partial charge in [-0.05, 0) is 43.1 Å². The van der Waals surface area contributed by atoms with Gasteiger partial charge in [-0.1, -0.05) is 30.3 Å². The van der Waals surface area contributed by atoms with Crippen molar-refractivity contribution >= 4 is 21.7 Å². The SMILES string of the molecule is O=S(=O)(Cc1ccccc1)Nc1c(F)cc(Oc2ncccc2-c2ccnc(NC3CCCNC3)n2)c(F)c1F. The van der Waals surface area contributed by atoms with Crippen LogP contribution in [0.2, 0.25) is 0 Å². The van der Waals surface area contributed by atoms with E-state index in [1.54, 1.807) is 41.1 Å². The third kappa shape index (κ3) is 6.49. The minimum Gasteiger partial charge on any atom is -0.435 e. The zero-order valence-corrected chi connectivity index (χ0v) is 21.9. The quantitative estimate of drug-likeness (QED) is 0.245. The van der Waals surface area contributed by atoms with Crippen molar-refractivity contribution < 1.29 is 26.3 Å². The maximum Gasteiger partial charge on any atom is 0.237 e. The highest BCUT2D eigenvalue weighted by Crippen LogP contribution is 2.36. The van der Waals surface area contributed by atoms with Gasteiger partial charge in [-0.15, -0.1) is 0 Å². The van der Waals surface area contributed by atoms with Crippen LogP contribution in [0.1, 0.15) is 18.4 Å². The molecule has 0 amide bonds. The number of rotatable bonds is 9. The Morgan fingerprint density at radius 2 is 1.82 bits per heavy atom. The van der Waals surface area contributed by atoms with Gasteiger partial charge in [0.25, 0.3) is 0 Å². The van der Waals surface area contributed by atoms with Crippen molar-refractivity contribution in [1.82, 2.24) is 20.3 Å². The number of ether oxygens (including phenoxy) is 1. The summed E-state index contributed by atoms with van der Waals surface area (Å²) >= 11 is 0. The third-order valence-electron chi connectivity index (χ3n) is 6.12. The molecule has 1 fully saturated rings. The summed E-state index contributed by atoms with van der Waals surface area (Å²) in [5.41, 5.74) is -0.0539. The molecule has 9 nitrogen and oxygen atoms in total. The second kappa shape index (κ2) is 11.9. The molecule has 0 saturated carbocycles. The van der Waals surface area contributed by atoms with Gasteiger partial charge in [-0.2, -0.15) is 4.39 Å². The molecule has 0 radical (unpaired) electrons. The highest BCUT2D eigenvalue weighted by molar-refractivity contribution is 7.91. The number of piperidine rings is 1. The van der Waals surface area contributed by atoms with Crippen LogP contribution in [0.15, 0.2) is 67.0 Å². The summed E-state index contributed by atoms with van der Waals surface area (Å²) in [5.74, 6) is -5.88. The molecule has 1 atom stereocenters. The van der Waals surface area contributed by atoms with Crippen molar-refractivity contribution in [2.75, 3.05) is 23.1 Å². The molecule has 40 heavy (non-hydrogen) atoms. The van der Waals surface area contributed by atoms with E-state index >= 15 is 4.39 Å². The lowest BCUT2D eigenvalue weighted by atomic mass is 10.1. The predicted octanol–water partition coefficient (Wildman–Crippen LogP) is 4.85. The van der Waals surface area contributed by atoms with Crippen LogP contribution in [-0.2, 0) is 15.8 Å². The molecule has 1 unspecified atom stereocenters. The third-order valence-corrected chi connectivity index (χ3v) is 7.35. The molecule has 2 aromatic carbocycles. The van der Waals surface area contributed by atoms with Gasteiger partial charge >= 0.3 is 0 Å². The van der Waals surface area contributed by atoms with E-state index < -0.39 is 44.7 Å². The Labute approximate surface area is 228 Å². The first-order valence-electron chi connectivity index (χ1n) is 12.4. The topological polar surface area (TPSA) is 118 Å². The first-order chi connectivity index (χ1) is 19.3. The zero-order chi connectivity index (χ0) is 28.1. The molecule has 0 bridgehead atoms. The van der Waals surface area contributed by atoms with Crippen molar-refractivity contribution in [1.29, 1.82) is 0 Å². The van der Waals surface area contributed by atoms with Crippen LogP contribution in [0.4, 0.5) is 24.8 Å². The summed E-state index contributed by atoms with van der Waals surface area (Å²) in [5, 5.41) is 6.56. The molecule has 1 aliphatic heterocycles. The van der Waals surface area contributed by atoms with E-state index in [1.807, 2.05) is 0 Å². The lowest BCUT2D eigenvalue weighted by molar-refractivity contribution is 0.401. The monoisotopic (exact) mass is 570 g/mol. The molecule has 5 rings (SSSR count). The Morgan fingerprint density at radius 1 is 1.00 bits per heavy atom. The summed E-state index contributed by atoms with van der Waals surface area (Å²) in [6.45, 7) is 1.72. The molecular formula is C27H25F3N6O3S. The van der Waals surface area contributed by atoms with Crippen LogP contribution < -0.4 is 20.1 Å². The number of benzene rings is 2. The van der Waals surface area contributed by atoms with Crippen molar-refractivity contribution in [3.05, 3.63) is 90.0 Å². The highest BCUT2D eigenvalue weighted by Gasteiger charge is 2.25. The van der Waals surface area contributed by atoms with Gasteiger partial charge in [0, 0.05) is 31.0 Å². The van der Waals surface area contributed by atoms with Crippen molar-refractivity contribution in [3.8, 4) is 22.9 Å². The minimum atomic E-state index is -4.25. The lowest BCUT2D eigenvalue weighted by Crippen LogP contribution is -2.38. The van der Waals surface area contributed by atoms with Gasteiger partial charge in [0.15, 0.2) is 17.4 Å². The van der Waals surface area contributed by atoms with Crippen LogP contribution in [-0.4, -0.2) is 42.5 Å². The van der Waals surface area contributed by atoms with Gasteiger partial charge in [-0.3, -0.25) is 4.72 Å². The standard InChI is InChI=1S/C27H25F3N6O3S/c28-20-14-22(23(29)24(30)25(20)36-40(37,38)16-17-6-2-1-3-7-17)39-26-19(9-5-12-32-26)21-10-13-33-27(35-21)34-18-8-4-11-31-15-18/h1-3,5-7,9-10,12-14,18,31,36H,4,8,11,15-16H2,(H,33,34,35). The number of anilines is 2. The number of aromatic nitrogens is 3. The summed E-state index contributed by atoms with van der Waals surface area (Å²) in [6, 6.07) is 13.5. The summed E-state index contributed by atoms with van der Waals surface area (Å²) in [7, 11) is -4.25. The number of nitrogens with zero attached hydrogens (tertiary/aromatic N) is 3. The molecule has 208 valence electrons. The summed E-state index contributed by atoms with van der Waals surface area (Å²) in [4.78, 5) is 12.8. The maximum absolute atomic E-state index is 15.0. The Kier molecular flexibility index (Phi) is 8.12. The lowest BCUT2D eigenvalue weighted by Gasteiger charge is -2.23. The fourth-order valence-electron chi connectivity index (χ4n) is 4.23. The van der Waals surface area contributed by atoms with Crippen molar-refractivity contribution in [3.63, 3.8) is 0 Å². The average Bonchev–Trinajstić information content (AvgIpc) is 2.95. The fraction of sp³-hybridized carbons (Fsp3) is 0.222. The van der Waals surface area contributed by atoms with Crippen LogP contribution >= 0.6 is 0 Å². The van der Waals surface area contributed by atoms with E-state index in [9.17, 15) is 17.2 Å². The first kappa shape index (κ1) is 27.3. The van der Waals surface area contributed by atoms with E-state index in [2.05, 4.69) is 25.6 Å². The number of nitrogens with one attached hydrogen (secondary N) is 3. The van der Waals surface area contributed by atoms with E-state index in [0.717, 1.165) is 25.9 Å². The van der Waals surface area contributed by atoms with Gasteiger partial charge in [0.2, 0.25) is 27.7 Å². The van der Waals surface area contributed by atoms with Crippen molar-refractivity contribution in [2.45, 2.75) is 24.6 Å². The first-order valence-corrected chi connectivity index (χ1v) is 14.1. The van der Waals surface area contributed by atoms with Crippen LogP contribution in [0, 0.1) is 17.5 Å². The normalized spacial score (nSPS) is 15.4. The van der Waals surface area contributed by atoms with Crippen LogP contribution in [0.3, 0.4) is 0 Å². The number of sulfonamides is 1. The molecule has 13 heteroatoms. The fourth-order valence-corrected chi connectivity index (χ4v) is 5.44. The maximum atomic E-state index is 15.0. The zero-order valence-electron chi connectivity index (χ0n) is 21.1. The Bertz CT molecular complexity index is 1600. The number of hydrogen-bond donors (Lipinski definition) is 3. The van der Waals surface area contributed by atoms with Crippen LogP contribution in [0.5, 0.6) is 11.6 Å². The largest absolute Gasteiger partial charge is 0.435 e. The Balaban J connectivity index is 1.38. The van der Waals surface area contributed by atoms with Gasteiger partial charge in [-0.25, -0.2) is 32.2 Å². The molecule has 4 aromatic rings. The summed E-state index contributed by atoms with van der Waals surface area (Å²) < 4.78 is 77.1. The number of hydrogen-bond acceptors (Lipinski definition) is 8. The van der Waals surface area contributed by atoms with E-state index in [0.29, 0.717) is 28.8 Å². The van der Waals surface area contributed by atoms with E-state index in [4.69, 9.17) is 4.74 Å². The smallest absolute Gasteiger partial charge is 0.237 e. The minimum absolute atomic E-state index is 0.150. The molecular weight excluding hydrogens is 545 g/mol. The van der Waals surface area contributed by atoms with E-state index in [-0.39, 0.29) is 11.9 Å². The number of halogens is 3. The Hall–Kier alpha value is -4.23. The molecule has 0 spiro atoms. The van der Waals surface area contributed by atoms with Crippen molar-refractivity contribution in [2.24, 2.45) is 0 Å². The van der Waals surface area contributed by atoms with Gasteiger partial charge in [0.05, 0.1) is 17.0 Å². The van der Waals surface area contributed by atoms with E-state index in [1.165, 1.54) is 24.5 Å². The number of pyridine rings is 1. The molecule has 2 aromatic heterocycles. The summed E-state index contributed by atoms with van der Waals surface area (Å²) in [6.07, 6.45) is 4.87. The second-order valence-corrected chi connectivity index (χ2v) is 10.8. The average molecular weight is 571 g/mol. The second-order valence-electron chi connectivity index (χ2n) is 9.12. The van der Waals surface area contributed by atoms with Gasteiger partial charge < -0.3 is 15.4 Å². The predicted molar refractivity (Wildman–Crippen MR) is 144 cm³/mol. The molecule has 0 aliphatic carbocycles. The molecule has 3 N–H and O–H groups in total. The highest BCUT2D eigenvalue weighted by atomic mass is 32.2.